The number of fused-ring (bicyclic) bond motifs is 2. The minimum absolute atomic E-state index is 0.0801. The molecule has 0 N–H and O–H groups in total. The fraction of sp³-hybridized carbons (Fsp3) is 0.647. The van der Waals surface area contributed by atoms with E-state index in [0.717, 1.165) is 0 Å². The Hall–Kier alpha value is -1.58. The van der Waals surface area contributed by atoms with Crippen LogP contribution >= 0.6 is 0 Å². The van der Waals surface area contributed by atoms with Gasteiger partial charge < -0.3 is 9.47 Å². The molecule has 2 aliphatic carbocycles. The molecule has 0 aliphatic heterocycles. The topological polar surface area (TPSA) is 52.6 Å². The van der Waals surface area contributed by atoms with Gasteiger partial charge in [0.15, 0.2) is 0 Å². The zero-order valence-electron chi connectivity index (χ0n) is 13.6. The SMILES string of the molecule is CC(C)OC(=O)C1=C(C(=O)OC(C)C)C2C=CC1C2(C)C. The van der Waals surface area contributed by atoms with Crippen molar-refractivity contribution in [2.75, 3.05) is 0 Å². The van der Waals surface area contributed by atoms with Crippen LogP contribution in [-0.2, 0) is 19.1 Å². The van der Waals surface area contributed by atoms with Gasteiger partial charge in [-0.15, -0.1) is 0 Å². The minimum Gasteiger partial charge on any atom is -0.460 e. The lowest BCUT2D eigenvalue weighted by molar-refractivity contribution is -0.146. The Morgan fingerprint density at radius 1 is 0.905 bits per heavy atom. The van der Waals surface area contributed by atoms with E-state index < -0.39 is 11.9 Å². The molecule has 0 radical (unpaired) electrons. The van der Waals surface area contributed by atoms with Gasteiger partial charge in [0.2, 0.25) is 0 Å². The van der Waals surface area contributed by atoms with Crippen LogP contribution in [0.4, 0.5) is 0 Å². The van der Waals surface area contributed by atoms with Gasteiger partial charge in [-0.1, -0.05) is 26.0 Å². The van der Waals surface area contributed by atoms with Gasteiger partial charge in [-0.3, -0.25) is 0 Å². The number of ether oxygens (including phenoxy) is 2. The largest absolute Gasteiger partial charge is 0.460 e. The third kappa shape index (κ3) is 2.63. The van der Waals surface area contributed by atoms with Crippen LogP contribution in [0.2, 0.25) is 0 Å². The quantitative estimate of drug-likeness (QED) is 0.590. The molecule has 0 heterocycles. The highest BCUT2D eigenvalue weighted by molar-refractivity contribution is 6.03. The van der Waals surface area contributed by atoms with Crippen LogP contribution in [0.1, 0.15) is 41.5 Å². The maximum absolute atomic E-state index is 12.4. The smallest absolute Gasteiger partial charge is 0.335 e. The highest BCUT2D eigenvalue weighted by atomic mass is 16.5. The number of allylic oxidation sites excluding steroid dienone is 2. The Morgan fingerprint density at radius 3 is 1.52 bits per heavy atom. The van der Waals surface area contributed by atoms with Crippen LogP contribution in [0.25, 0.3) is 0 Å². The van der Waals surface area contributed by atoms with Crippen LogP contribution in [0.5, 0.6) is 0 Å². The molecule has 21 heavy (non-hydrogen) atoms. The molecule has 2 atom stereocenters. The second-order valence-electron chi connectivity index (χ2n) is 6.90. The number of carbonyl (C=O) groups excluding carboxylic acids is 2. The van der Waals surface area contributed by atoms with Crippen molar-refractivity contribution >= 4 is 11.9 Å². The summed E-state index contributed by atoms with van der Waals surface area (Å²) >= 11 is 0. The predicted octanol–water partition coefficient (Wildman–Crippen LogP) is 3.03. The molecule has 0 spiro atoms. The molecule has 0 fully saturated rings. The highest BCUT2D eigenvalue weighted by Gasteiger charge is 2.54. The molecule has 116 valence electrons. The molecular formula is C17H24O4. The van der Waals surface area contributed by atoms with Crippen molar-refractivity contribution in [1.82, 2.24) is 0 Å². The number of carbonyl (C=O) groups is 2. The molecule has 0 aromatic carbocycles. The summed E-state index contributed by atoms with van der Waals surface area (Å²) in [5, 5.41) is 0. The molecule has 2 bridgehead atoms. The second-order valence-corrected chi connectivity index (χ2v) is 6.90. The Labute approximate surface area is 126 Å². The molecule has 2 rings (SSSR count). The molecule has 0 aromatic rings. The normalized spacial score (nSPS) is 25.9. The molecule has 0 aromatic heterocycles. The molecule has 0 saturated carbocycles. The first kappa shape index (κ1) is 15.8. The van der Waals surface area contributed by atoms with Gasteiger partial charge in [-0.05, 0) is 33.1 Å². The average Bonchev–Trinajstić information content (AvgIpc) is 2.74. The standard InChI is InChI=1S/C17H24O4/c1-9(2)20-15(18)13-11-7-8-12(17(11,5)6)14(13)16(19)21-10(3)4/h7-12H,1-6H3. The summed E-state index contributed by atoms with van der Waals surface area (Å²) in [4.78, 5) is 24.8. The molecule has 2 aliphatic rings. The van der Waals surface area contributed by atoms with Crippen LogP contribution in [0, 0.1) is 17.3 Å². The van der Waals surface area contributed by atoms with E-state index in [2.05, 4.69) is 13.8 Å². The Balaban J connectivity index is 2.40. The molecule has 0 amide bonds. The summed E-state index contributed by atoms with van der Waals surface area (Å²) in [6.45, 7) is 11.4. The Bertz CT molecular complexity index is 479. The number of hydrogen-bond donors (Lipinski definition) is 0. The van der Waals surface area contributed by atoms with Crippen LogP contribution in [0.3, 0.4) is 0 Å². The first-order valence-electron chi connectivity index (χ1n) is 7.50. The highest BCUT2D eigenvalue weighted by Crippen LogP contribution is 2.57. The molecule has 0 saturated heterocycles. The lowest BCUT2D eigenvalue weighted by atomic mass is 9.77. The summed E-state index contributed by atoms with van der Waals surface area (Å²) in [7, 11) is 0. The molecular weight excluding hydrogens is 268 g/mol. The van der Waals surface area contributed by atoms with Crippen LogP contribution < -0.4 is 0 Å². The lowest BCUT2D eigenvalue weighted by Gasteiger charge is -2.26. The fourth-order valence-electron chi connectivity index (χ4n) is 3.21. The van der Waals surface area contributed by atoms with E-state index in [1.807, 2.05) is 12.2 Å². The van der Waals surface area contributed by atoms with Crippen LogP contribution in [0.15, 0.2) is 23.3 Å². The predicted molar refractivity (Wildman–Crippen MR) is 79.4 cm³/mol. The summed E-state index contributed by atoms with van der Waals surface area (Å²) in [5.41, 5.74) is 0.773. The van der Waals surface area contributed by atoms with Gasteiger partial charge in [0.25, 0.3) is 0 Å². The summed E-state index contributed by atoms with van der Waals surface area (Å²) in [6.07, 6.45) is 3.60. The van der Waals surface area contributed by atoms with Crippen molar-refractivity contribution in [3.05, 3.63) is 23.3 Å². The van der Waals surface area contributed by atoms with Gasteiger partial charge >= 0.3 is 11.9 Å². The fourth-order valence-corrected chi connectivity index (χ4v) is 3.21. The second kappa shape index (κ2) is 5.32. The summed E-state index contributed by atoms with van der Waals surface area (Å²) in [6, 6.07) is 0. The van der Waals surface area contributed by atoms with E-state index in [4.69, 9.17) is 9.47 Å². The summed E-state index contributed by atoms with van der Waals surface area (Å²) < 4.78 is 10.7. The van der Waals surface area contributed by atoms with Gasteiger partial charge in [0.1, 0.15) is 0 Å². The Kier molecular flexibility index (Phi) is 4.00. The first-order chi connectivity index (χ1) is 9.66. The van der Waals surface area contributed by atoms with E-state index in [1.54, 1.807) is 27.7 Å². The summed E-state index contributed by atoms with van der Waals surface area (Å²) in [5.74, 6) is -0.955. The molecule has 4 nitrogen and oxygen atoms in total. The van der Waals surface area contributed by atoms with Crippen molar-refractivity contribution in [2.24, 2.45) is 17.3 Å². The van der Waals surface area contributed by atoms with Crippen molar-refractivity contribution < 1.29 is 19.1 Å². The van der Waals surface area contributed by atoms with Gasteiger partial charge in [-0.25, -0.2) is 9.59 Å². The maximum Gasteiger partial charge on any atom is 0.335 e. The molecule has 2 unspecified atom stereocenters. The minimum atomic E-state index is -0.398. The van der Waals surface area contributed by atoms with E-state index in [1.165, 1.54) is 0 Å². The lowest BCUT2D eigenvalue weighted by Crippen LogP contribution is -2.24. The van der Waals surface area contributed by atoms with Crippen molar-refractivity contribution in [3.8, 4) is 0 Å². The van der Waals surface area contributed by atoms with Gasteiger partial charge in [-0.2, -0.15) is 0 Å². The third-order valence-electron chi connectivity index (χ3n) is 4.14. The van der Waals surface area contributed by atoms with E-state index in [9.17, 15) is 9.59 Å². The van der Waals surface area contributed by atoms with Crippen molar-refractivity contribution in [2.45, 2.75) is 53.8 Å². The number of esters is 2. The van der Waals surface area contributed by atoms with Crippen LogP contribution in [-0.4, -0.2) is 24.1 Å². The molecule has 4 heteroatoms. The average molecular weight is 292 g/mol. The van der Waals surface area contributed by atoms with E-state index in [-0.39, 0.29) is 29.5 Å². The van der Waals surface area contributed by atoms with Gasteiger partial charge in [0.05, 0.1) is 23.4 Å². The zero-order valence-corrected chi connectivity index (χ0v) is 13.6. The van der Waals surface area contributed by atoms with Gasteiger partial charge in [0, 0.05) is 11.8 Å². The number of rotatable bonds is 4. The van der Waals surface area contributed by atoms with E-state index >= 15 is 0 Å². The van der Waals surface area contributed by atoms with Crippen molar-refractivity contribution in [1.29, 1.82) is 0 Å². The third-order valence-corrected chi connectivity index (χ3v) is 4.14. The monoisotopic (exact) mass is 292 g/mol. The first-order valence-corrected chi connectivity index (χ1v) is 7.50. The number of hydrogen-bond acceptors (Lipinski definition) is 4. The maximum atomic E-state index is 12.4. The Morgan fingerprint density at radius 2 is 1.24 bits per heavy atom. The van der Waals surface area contributed by atoms with E-state index in [0.29, 0.717) is 11.1 Å². The van der Waals surface area contributed by atoms with Crippen molar-refractivity contribution in [3.63, 3.8) is 0 Å². The zero-order chi connectivity index (χ0) is 15.9.